The summed E-state index contributed by atoms with van der Waals surface area (Å²) in [6, 6.07) is 16.5. The molecule has 152 valence electrons. The molecule has 4 N–H and O–H groups in total. The van der Waals surface area contributed by atoms with Crippen molar-refractivity contribution in [3.63, 3.8) is 0 Å². The minimum absolute atomic E-state index is 0.528. The van der Waals surface area contributed by atoms with Crippen LogP contribution in [0.15, 0.2) is 54.7 Å². The standard InChI is InChI=1S/C24H31N5/c1-18-3-5-19(6-4-18)22(23(25)20-7-9-21(26-2)10-8-20)15-28-29-13-11-24(12-14-29)16-27-17-24/h3-10,15,25-28H,11-14,16-17H2,1-2H3/b22-15-,25-23?. The molecule has 0 saturated carbocycles. The van der Waals surface area contributed by atoms with Crippen LogP contribution in [0.4, 0.5) is 5.69 Å². The Kier molecular flexibility index (Phi) is 5.69. The van der Waals surface area contributed by atoms with Gasteiger partial charge in [-0.05, 0) is 42.9 Å². The summed E-state index contributed by atoms with van der Waals surface area (Å²) in [7, 11) is 1.91. The summed E-state index contributed by atoms with van der Waals surface area (Å²) in [5.41, 5.74) is 9.70. The normalized spacial score (nSPS) is 18.9. The predicted molar refractivity (Wildman–Crippen MR) is 121 cm³/mol. The third kappa shape index (κ3) is 4.36. The third-order valence-electron chi connectivity index (χ3n) is 6.31. The van der Waals surface area contributed by atoms with Gasteiger partial charge in [-0.1, -0.05) is 42.0 Å². The summed E-state index contributed by atoms with van der Waals surface area (Å²) >= 11 is 0. The van der Waals surface area contributed by atoms with Crippen LogP contribution in [-0.4, -0.2) is 43.9 Å². The lowest BCUT2D eigenvalue weighted by molar-refractivity contribution is 0.0394. The van der Waals surface area contributed by atoms with Crippen molar-refractivity contribution in [1.82, 2.24) is 15.8 Å². The molecule has 0 aliphatic carbocycles. The molecule has 0 bridgehead atoms. The predicted octanol–water partition coefficient (Wildman–Crippen LogP) is 3.64. The van der Waals surface area contributed by atoms with Crippen molar-refractivity contribution < 1.29 is 0 Å². The van der Waals surface area contributed by atoms with Crippen molar-refractivity contribution in [2.45, 2.75) is 19.8 Å². The number of anilines is 1. The fourth-order valence-electron chi connectivity index (χ4n) is 4.09. The number of hydrogen-bond acceptors (Lipinski definition) is 5. The van der Waals surface area contributed by atoms with E-state index in [9.17, 15) is 0 Å². The topological polar surface area (TPSA) is 63.2 Å². The second-order valence-corrected chi connectivity index (χ2v) is 8.35. The molecule has 2 aliphatic rings. The van der Waals surface area contributed by atoms with Gasteiger partial charge >= 0.3 is 0 Å². The number of benzene rings is 2. The molecule has 2 aliphatic heterocycles. The largest absolute Gasteiger partial charge is 0.388 e. The van der Waals surface area contributed by atoms with Crippen LogP contribution in [0.2, 0.25) is 0 Å². The maximum atomic E-state index is 8.87. The molecule has 2 heterocycles. The zero-order chi connectivity index (χ0) is 20.3. The number of piperidine rings is 1. The van der Waals surface area contributed by atoms with E-state index in [0.717, 1.165) is 35.5 Å². The summed E-state index contributed by atoms with van der Waals surface area (Å²) in [6.07, 6.45) is 4.46. The van der Waals surface area contributed by atoms with E-state index in [-0.39, 0.29) is 0 Å². The van der Waals surface area contributed by atoms with Gasteiger partial charge in [-0.25, -0.2) is 5.01 Å². The molecule has 5 heteroatoms. The van der Waals surface area contributed by atoms with Gasteiger partial charge in [0.1, 0.15) is 0 Å². The molecular formula is C24H31N5. The van der Waals surface area contributed by atoms with Crippen LogP contribution in [-0.2, 0) is 0 Å². The van der Waals surface area contributed by atoms with Gasteiger partial charge in [0.2, 0.25) is 0 Å². The third-order valence-corrected chi connectivity index (χ3v) is 6.31. The number of allylic oxidation sites excluding steroid dienone is 1. The van der Waals surface area contributed by atoms with Crippen LogP contribution in [0.3, 0.4) is 0 Å². The highest BCUT2D eigenvalue weighted by molar-refractivity contribution is 6.30. The molecule has 2 fully saturated rings. The zero-order valence-corrected chi connectivity index (χ0v) is 17.4. The van der Waals surface area contributed by atoms with E-state index in [0.29, 0.717) is 11.1 Å². The van der Waals surface area contributed by atoms with Gasteiger partial charge in [0.05, 0.1) is 5.71 Å². The van der Waals surface area contributed by atoms with Gasteiger partial charge in [0.25, 0.3) is 0 Å². The monoisotopic (exact) mass is 389 g/mol. The van der Waals surface area contributed by atoms with E-state index in [4.69, 9.17) is 5.41 Å². The average molecular weight is 390 g/mol. The molecule has 2 aromatic rings. The maximum Gasteiger partial charge on any atom is 0.0705 e. The maximum absolute atomic E-state index is 8.87. The molecule has 5 nitrogen and oxygen atoms in total. The Morgan fingerprint density at radius 2 is 1.62 bits per heavy atom. The van der Waals surface area contributed by atoms with Crippen molar-refractivity contribution in [3.05, 3.63) is 71.4 Å². The van der Waals surface area contributed by atoms with E-state index in [2.05, 4.69) is 52.3 Å². The summed E-state index contributed by atoms with van der Waals surface area (Å²) in [5, 5.41) is 17.7. The van der Waals surface area contributed by atoms with Crippen molar-refractivity contribution in [2.24, 2.45) is 5.41 Å². The molecule has 0 aromatic heterocycles. The zero-order valence-electron chi connectivity index (χ0n) is 17.4. The highest BCUT2D eigenvalue weighted by Crippen LogP contribution is 2.34. The summed E-state index contributed by atoms with van der Waals surface area (Å²) in [4.78, 5) is 0. The van der Waals surface area contributed by atoms with Gasteiger partial charge in [-0.15, -0.1) is 0 Å². The van der Waals surface area contributed by atoms with E-state index in [1.807, 2.05) is 37.5 Å². The summed E-state index contributed by atoms with van der Waals surface area (Å²) in [6.45, 7) is 6.51. The van der Waals surface area contributed by atoms with E-state index in [1.54, 1.807) is 0 Å². The quantitative estimate of drug-likeness (QED) is 0.570. The van der Waals surface area contributed by atoms with Crippen molar-refractivity contribution in [1.29, 1.82) is 5.41 Å². The molecule has 0 radical (unpaired) electrons. The van der Waals surface area contributed by atoms with Crippen molar-refractivity contribution in [3.8, 4) is 0 Å². The summed E-state index contributed by atoms with van der Waals surface area (Å²) < 4.78 is 0. The lowest BCUT2D eigenvalue weighted by atomic mass is 9.74. The molecule has 29 heavy (non-hydrogen) atoms. The Bertz CT molecular complexity index is 868. The van der Waals surface area contributed by atoms with Crippen LogP contribution in [0.25, 0.3) is 5.57 Å². The molecular weight excluding hydrogens is 358 g/mol. The number of hydrogen-bond donors (Lipinski definition) is 4. The lowest BCUT2D eigenvalue weighted by Crippen LogP contribution is -2.59. The van der Waals surface area contributed by atoms with E-state index >= 15 is 0 Å². The van der Waals surface area contributed by atoms with Crippen LogP contribution < -0.4 is 16.1 Å². The number of rotatable bonds is 6. The Morgan fingerprint density at radius 3 is 2.17 bits per heavy atom. The van der Waals surface area contributed by atoms with Gasteiger partial charge < -0.3 is 16.1 Å². The van der Waals surface area contributed by atoms with Crippen molar-refractivity contribution >= 4 is 17.0 Å². The van der Waals surface area contributed by atoms with Crippen LogP contribution in [0.1, 0.15) is 29.5 Å². The first-order valence-electron chi connectivity index (χ1n) is 10.4. The first kappa shape index (κ1) is 19.7. The SMILES string of the molecule is CNc1ccc(C(=N)/C(=C\NN2CCC3(CC2)CNC3)c2ccc(C)cc2)cc1. The lowest BCUT2D eigenvalue weighted by Gasteiger charge is -2.48. The number of nitrogens with one attached hydrogen (secondary N) is 4. The fourth-order valence-corrected chi connectivity index (χ4v) is 4.09. The number of nitrogens with zero attached hydrogens (tertiary/aromatic N) is 1. The van der Waals surface area contributed by atoms with Gasteiger partial charge in [0.15, 0.2) is 0 Å². The summed E-state index contributed by atoms with van der Waals surface area (Å²) in [5.74, 6) is 0. The number of hydrazine groups is 1. The highest BCUT2D eigenvalue weighted by Gasteiger charge is 2.39. The molecule has 0 unspecified atom stereocenters. The van der Waals surface area contributed by atoms with Gasteiger partial charge in [-0.3, -0.25) is 5.41 Å². The second-order valence-electron chi connectivity index (χ2n) is 8.35. The fraction of sp³-hybridized carbons (Fsp3) is 0.375. The minimum Gasteiger partial charge on any atom is -0.388 e. The Balaban J connectivity index is 1.53. The van der Waals surface area contributed by atoms with Crippen molar-refractivity contribution in [2.75, 3.05) is 38.5 Å². The Labute approximate surface area is 173 Å². The van der Waals surface area contributed by atoms with Gasteiger partial charge in [-0.2, -0.15) is 0 Å². The molecule has 2 saturated heterocycles. The van der Waals surface area contributed by atoms with Crippen LogP contribution in [0.5, 0.6) is 0 Å². The number of aryl methyl sites for hydroxylation is 1. The molecule has 1 spiro atoms. The van der Waals surface area contributed by atoms with Gasteiger partial charge in [0, 0.05) is 56.3 Å². The minimum atomic E-state index is 0.528. The van der Waals surface area contributed by atoms with Crippen LogP contribution >= 0.6 is 0 Å². The smallest absolute Gasteiger partial charge is 0.0705 e. The highest BCUT2D eigenvalue weighted by atomic mass is 15.5. The molecule has 4 rings (SSSR count). The van der Waals surface area contributed by atoms with E-state index < -0.39 is 0 Å². The molecule has 0 amide bonds. The molecule has 2 aromatic carbocycles. The van der Waals surface area contributed by atoms with Crippen LogP contribution in [0, 0.1) is 17.7 Å². The average Bonchev–Trinajstić information content (AvgIpc) is 2.74. The first-order valence-corrected chi connectivity index (χ1v) is 10.4. The van der Waals surface area contributed by atoms with E-state index in [1.165, 1.54) is 31.5 Å². The Morgan fingerprint density at radius 1 is 1.00 bits per heavy atom. The Hall–Kier alpha value is -2.63. The molecule has 0 atom stereocenters. The second kappa shape index (κ2) is 8.39. The first-order chi connectivity index (χ1) is 14.1.